The van der Waals surface area contributed by atoms with Crippen molar-refractivity contribution in [1.29, 1.82) is 0 Å². The molecule has 1 atom stereocenters. The van der Waals surface area contributed by atoms with Crippen molar-refractivity contribution >= 4 is 5.91 Å². The van der Waals surface area contributed by atoms with Crippen LogP contribution in [0.2, 0.25) is 0 Å². The van der Waals surface area contributed by atoms with Gasteiger partial charge in [0.15, 0.2) is 0 Å². The number of hydrogen-bond donors (Lipinski definition) is 1. The van der Waals surface area contributed by atoms with Gasteiger partial charge in [0, 0.05) is 25.6 Å². The monoisotopic (exact) mass is 401 g/mol. The van der Waals surface area contributed by atoms with E-state index < -0.39 is 0 Å². The fourth-order valence-electron chi connectivity index (χ4n) is 4.78. The Kier molecular flexibility index (Phi) is 8.52. The summed E-state index contributed by atoms with van der Waals surface area (Å²) in [4.78, 5) is 17.8. The van der Waals surface area contributed by atoms with E-state index in [1.807, 2.05) is 0 Å². The maximum absolute atomic E-state index is 12.6. The topological polar surface area (TPSA) is 44.8 Å². The molecule has 29 heavy (non-hydrogen) atoms. The number of piperidine rings is 2. The molecule has 1 aromatic rings. The highest BCUT2D eigenvalue weighted by atomic mass is 16.5. The molecule has 2 fully saturated rings. The number of carbonyl (C=O) groups excluding carboxylic acids is 1. The van der Waals surface area contributed by atoms with Gasteiger partial charge in [-0.25, -0.2) is 0 Å². The van der Waals surface area contributed by atoms with Gasteiger partial charge in [-0.15, -0.1) is 0 Å². The van der Waals surface area contributed by atoms with Gasteiger partial charge >= 0.3 is 0 Å². The van der Waals surface area contributed by atoms with E-state index in [1.165, 1.54) is 37.1 Å². The van der Waals surface area contributed by atoms with E-state index >= 15 is 0 Å². The van der Waals surface area contributed by atoms with Crippen molar-refractivity contribution in [3.63, 3.8) is 0 Å². The minimum Gasteiger partial charge on any atom is -0.383 e. The van der Waals surface area contributed by atoms with E-state index in [-0.39, 0.29) is 17.9 Å². The van der Waals surface area contributed by atoms with E-state index in [0.29, 0.717) is 12.6 Å². The molecule has 1 aromatic carbocycles. The lowest BCUT2D eigenvalue weighted by molar-refractivity contribution is -0.127. The summed E-state index contributed by atoms with van der Waals surface area (Å²) in [5.74, 6) is 0.389. The van der Waals surface area contributed by atoms with Gasteiger partial charge < -0.3 is 15.0 Å². The molecular formula is C24H39N3O2. The molecule has 1 N–H and O–H groups in total. The molecule has 3 rings (SSSR count). The zero-order chi connectivity index (χ0) is 20.6. The molecule has 0 saturated carbocycles. The zero-order valence-electron chi connectivity index (χ0n) is 18.5. The highest BCUT2D eigenvalue weighted by Crippen LogP contribution is 2.25. The molecule has 0 bridgehead atoms. The molecule has 0 aliphatic carbocycles. The van der Waals surface area contributed by atoms with Crippen LogP contribution in [0.15, 0.2) is 24.3 Å². The van der Waals surface area contributed by atoms with Crippen LogP contribution in [0.1, 0.15) is 50.2 Å². The summed E-state index contributed by atoms with van der Waals surface area (Å²) < 4.78 is 5.21. The van der Waals surface area contributed by atoms with Gasteiger partial charge in [-0.05, 0) is 76.3 Å². The number of aryl methyl sites for hydroxylation is 1. The van der Waals surface area contributed by atoms with Crippen LogP contribution in [0.25, 0.3) is 0 Å². The predicted molar refractivity (Wildman–Crippen MR) is 118 cm³/mol. The van der Waals surface area contributed by atoms with Crippen LogP contribution in [0.3, 0.4) is 0 Å². The first-order valence-corrected chi connectivity index (χ1v) is 11.4. The molecular weight excluding hydrogens is 362 g/mol. The first-order chi connectivity index (χ1) is 14.1. The average Bonchev–Trinajstić information content (AvgIpc) is 2.75. The molecule has 2 aliphatic heterocycles. The smallest absolute Gasteiger partial charge is 0.223 e. The quantitative estimate of drug-likeness (QED) is 0.727. The Morgan fingerprint density at radius 3 is 2.45 bits per heavy atom. The summed E-state index contributed by atoms with van der Waals surface area (Å²) in [7, 11) is 1.69. The number of nitrogens with one attached hydrogen (secondary N) is 1. The highest BCUT2D eigenvalue weighted by molar-refractivity contribution is 5.79. The average molecular weight is 402 g/mol. The van der Waals surface area contributed by atoms with Gasteiger partial charge in [0.2, 0.25) is 5.91 Å². The minimum atomic E-state index is 0.142. The summed E-state index contributed by atoms with van der Waals surface area (Å²) in [5.41, 5.74) is 2.85. The summed E-state index contributed by atoms with van der Waals surface area (Å²) in [6.07, 6.45) is 5.37. The lowest BCUT2D eigenvalue weighted by Gasteiger charge is -2.41. The molecule has 1 amide bonds. The van der Waals surface area contributed by atoms with Crippen LogP contribution >= 0.6 is 0 Å². The van der Waals surface area contributed by atoms with Crippen LogP contribution in [0.4, 0.5) is 0 Å². The summed E-state index contributed by atoms with van der Waals surface area (Å²) in [6.45, 7) is 10.4. The summed E-state index contributed by atoms with van der Waals surface area (Å²) >= 11 is 0. The molecule has 5 nitrogen and oxygen atoms in total. The summed E-state index contributed by atoms with van der Waals surface area (Å²) in [5, 5.41) is 3.18. The van der Waals surface area contributed by atoms with Gasteiger partial charge in [-0.1, -0.05) is 31.2 Å². The van der Waals surface area contributed by atoms with Crippen molar-refractivity contribution in [1.82, 2.24) is 15.1 Å². The third-order valence-electron chi connectivity index (χ3n) is 6.84. The second-order valence-corrected chi connectivity index (χ2v) is 8.81. The van der Waals surface area contributed by atoms with Crippen LogP contribution in [-0.4, -0.2) is 67.7 Å². The predicted octanol–water partition coefficient (Wildman–Crippen LogP) is 3.21. The number of ether oxygens (including phenoxy) is 1. The molecule has 0 radical (unpaired) electrons. The normalized spacial score (nSPS) is 21.2. The molecule has 2 aliphatic rings. The molecule has 5 heteroatoms. The number of nitrogens with zero attached hydrogens (tertiary/aromatic N) is 2. The standard InChI is InChI=1S/C24H39N3O2/c1-4-22(18-29-3)25-24(28)20-9-15-27(16-10-20)23-11-13-26(14-12-23)17-21-8-6-5-7-19(21)2/h5-8,20,22-23H,4,9-18H2,1-3H3,(H,25,28)/t22-/m0/s1. The number of rotatable bonds is 8. The second-order valence-electron chi connectivity index (χ2n) is 8.81. The van der Waals surface area contributed by atoms with Crippen molar-refractivity contribution in [3.05, 3.63) is 35.4 Å². The second kappa shape index (κ2) is 11.1. The van der Waals surface area contributed by atoms with Crippen molar-refractivity contribution in [2.75, 3.05) is 39.9 Å². The Balaban J connectivity index is 1.39. The Hall–Kier alpha value is -1.43. The van der Waals surface area contributed by atoms with E-state index in [1.54, 1.807) is 7.11 Å². The van der Waals surface area contributed by atoms with Gasteiger partial charge in [-0.2, -0.15) is 0 Å². The first kappa shape index (κ1) is 22.3. The van der Waals surface area contributed by atoms with Gasteiger partial charge in [0.05, 0.1) is 12.6 Å². The maximum Gasteiger partial charge on any atom is 0.223 e. The van der Waals surface area contributed by atoms with E-state index in [0.717, 1.165) is 38.9 Å². The van der Waals surface area contributed by atoms with Crippen LogP contribution in [0.5, 0.6) is 0 Å². The number of likely N-dealkylation sites (tertiary alicyclic amines) is 2. The lowest BCUT2D eigenvalue weighted by atomic mass is 9.92. The fraction of sp³-hybridized carbons (Fsp3) is 0.708. The highest BCUT2D eigenvalue weighted by Gasteiger charge is 2.31. The Bertz CT molecular complexity index is 635. The first-order valence-electron chi connectivity index (χ1n) is 11.4. The van der Waals surface area contributed by atoms with Crippen LogP contribution in [-0.2, 0) is 16.1 Å². The molecule has 0 unspecified atom stereocenters. The lowest BCUT2D eigenvalue weighted by Crippen LogP contribution is -2.50. The number of hydrogen-bond acceptors (Lipinski definition) is 4. The number of benzene rings is 1. The number of carbonyl (C=O) groups is 1. The largest absolute Gasteiger partial charge is 0.383 e. The molecule has 2 saturated heterocycles. The third-order valence-corrected chi connectivity index (χ3v) is 6.84. The summed E-state index contributed by atoms with van der Waals surface area (Å²) in [6, 6.07) is 9.56. The molecule has 2 heterocycles. The fourth-order valence-corrected chi connectivity index (χ4v) is 4.78. The molecule has 0 aromatic heterocycles. The van der Waals surface area contributed by atoms with Crippen LogP contribution in [0, 0.1) is 12.8 Å². The van der Waals surface area contributed by atoms with Crippen molar-refractivity contribution in [3.8, 4) is 0 Å². The van der Waals surface area contributed by atoms with Crippen LogP contribution < -0.4 is 5.32 Å². The van der Waals surface area contributed by atoms with Gasteiger partial charge in [0.1, 0.15) is 0 Å². The maximum atomic E-state index is 12.6. The van der Waals surface area contributed by atoms with E-state index in [2.05, 4.69) is 53.2 Å². The van der Waals surface area contributed by atoms with Gasteiger partial charge in [0.25, 0.3) is 0 Å². The Morgan fingerprint density at radius 1 is 1.14 bits per heavy atom. The van der Waals surface area contributed by atoms with Gasteiger partial charge in [-0.3, -0.25) is 9.69 Å². The molecule has 162 valence electrons. The number of amides is 1. The third kappa shape index (κ3) is 6.27. The zero-order valence-corrected chi connectivity index (χ0v) is 18.5. The Labute approximate surface area is 176 Å². The van der Waals surface area contributed by atoms with E-state index in [9.17, 15) is 4.79 Å². The minimum absolute atomic E-state index is 0.142. The SMILES string of the molecule is CC[C@@H](COC)NC(=O)C1CCN(C2CCN(Cc3ccccc3C)CC2)CC1. The van der Waals surface area contributed by atoms with Crippen molar-refractivity contribution < 1.29 is 9.53 Å². The van der Waals surface area contributed by atoms with E-state index in [4.69, 9.17) is 4.74 Å². The Morgan fingerprint density at radius 2 is 1.83 bits per heavy atom. The number of methoxy groups -OCH3 is 1. The molecule has 0 spiro atoms. The van der Waals surface area contributed by atoms with Crippen molar-refractivity contribution in [2.24, 2.45) is 5.92 Å². The van der Waals surface area contributed by atoms with Crippen molar-refractivity contribution in [2.45, 2.75) is 64.6 Å².